The smallest absolute Gasteiger partial charge is 0.182 e. The van der Waals surface area contributed by atoms with E-state index >= 15 is 0 Å². The minimum atomic E-state index is -0.265. The van der Waals surface area contributed by atoms with Crippen molar-refractivity contribution in [3.05, 3.63) is 35.9 Å². The Morgan fingerprint density at radius 2 is 1.93 bits per heavy atom. The molecule has 0 spiro atoms. The fraction of sp³-hybridized carbons (Fsp3) is 0.500. The van der Waals surface area contributed by atoms with Crippen molar-refractivity contribution in [3.63, 3.8) is 0 Å². The molecule has 15 heavy (non-hydrogen) atoms. The van der Waals surface area contributed by atoms with Crippen molar-refractivity contribution >= 4 is 0 Å². The van der Waals surface area contributed by atoms with Crippen LogP contribution in [0.15, 0.2) is 30.3 Å². The van der Waals surface area contributed by atoms with Crippen LogP contribution in [0.5, 0.6) is 0 Å². The summed E-state index contributed by atoms with van der Waals surface area (Å²) in [6.45, 7) is 0. The van der Waals surface area contributed by atoms with Crippen molar-refractivity contribution < 1.29 is 14.2 Å². The van der Waals surface area contributed by atoms with Crippen LogP contribution in [0.2, 0.25) is 0 Å². The molecule has 1 aromatic rings. The molecule has 0 N–H and O–H groups in total. The SMILES string of the molecule is c1ccc([C@H]2O[C@H]2CC23CC(O2)O3)cc1. The molecule has 4 fully saturated rings. The van der Waals surface area contributed by atoms with E-state index in [1.807, 2.05) is 18.2 Å². The van der Waals surface area contributed by atoms with Crippen molar-refractivity contribution in [3.8, 4) is 0 Å². The highest BCUT2D eigenvalue weighted by atomic mass is 16.9. The maximum atomic E-state index is 5.64. The predicted octanol–water partition coefficient (Wildman–Crippen LogP) is 1.99. The quantitative estimate of drug-likeness (QED) is 0.705. The van der Waals surface area contributed by atoms with Gasteiger partial charge in [-0.3, -0.25) is 0 Å². The predicted molar refractivity (Wildman–Crippen MR) is 52.0 cm³/mol. The molecule has 78 valence electrons. The molecular weight excluding hydrogens is 192 g/mol. The zero-order valence-corrected chi connectivity index (χ0v) is 8.26. The molecule has 3 nitrogen and oxygen atoms in total. The van der Waals surface area contributed by atoms with E-state index in [2.05, 4.69) is 12.1 Å². The van der Waals surface area contributed by atoms with Gasteiger partial charge in [0.2, 0.25) is 0 Å². The topological polar surface area (TPSA) is 31.0 Å². The average Bonchev–Trinajstić information content (AvgIpc) is 2.90. The third-order valence-electron chi connectivity index (χ3n) is 3.39. The normalized spacial score (nSPS) is 45.5. The Balaban J connectivity index is 1.42. The maximum absolute atomic E-state index is 5.64. The molecule has 0 unspecified atom stereocenters. The van der Waals surface area contributed by atoms with E-state index in [1.54, 1.807) is 0 Å². The van der Waals surface area contributed by atoms with Crippen molar-refractivity contribution in [2.75, 3.05) is 0 Å². The van der Waals surface area contributed by atoms with Crippen LogP contribution in [-0.2, 0) is 14.2 Å². The maximum Gasteiger partial charge on any atom is 0.182 e. The van der Waals surface area contributed by atoms with Crippen LogP contribution in [-0.4, -0.2) is 18.2 Å². The van der Waals surface area contributed by atoms with Crippen molar-refractivity contribution in [2.24, 2.45) is 0 Å². The molecule has 4 aliphatic heterocycles. The minimum absolute atomic E-state index is 0.0962. The summed E-state index contributed by atoms with van der Waals surface area (Å²) in [6.07, 6.45) is 2.57. The molecule has 1 aromatic carbocycles. The van der Waals surface area contributed by atoms with Crippen LogP contribution in [0, 0.1) is 0 Å². The summed E-state index contributed by atoms with van der Waals surface area (Å²) >= 11 is 0. The molecule has 0 aliphatic carbocycles. The van der Waals surface area contributed by atoms with Gasteiger partial charge in [-0.15, -0.1) is 0 Å². The third kappa shape index (κ3) is 1.17. The summed E-state index contributed by atoms with van der Waals surface area (Å²) < 4.78 is 16.5. The fourth-order valence-corrected chi connectivity index (χ4v) is 2.44. The fourth-order valence-electron chi connectivity index (χ4n) is 2.44. The number of epoxide rings is 1. The van der Waals surface area contributed by atoms with Gasteiger partial charge in [0.15, 0.2) is 12.1 Å². The Bertz CT molecular complexity index is 372. The lowest BCUT2D eigenvalue weighted by atomic mass is 9.93. The standard InChI is InChI=1S/C12H12O3/c1-2-4-8(5-3-1)11-9(13-11)6-12-7-10(14-12)15-12/h1-5,9-11H,6-7H2/t9-,10?,11+,12?/m0/s1. The van der Waals surface area contributed by atoms with E-state index in [-0.39, 0.29) is 24.3 Å². The van der Waals surface area contributed by atoms with Gasteiger partial charge in [-0.05, 0) is 5.56 Å². The molecule has 4 aliphatic rings. The molecule has 0 radical (unpaired) electrons. The minimum Gasteiger partial charge on any atom is -0.364 e. The Morgan fingerprint density at radius 1 is 1.20 bits per heavy atom. The second kappa shape index (κ2) is 2.61. The molecule has 3 heteroatoms. The molecule has 0 saturated carbocycles. The molecule has 4 heterocycles. The van der Waals surface area contributed by atoms with Gasteiger partial charge in [0.05, 0.1) is 12.5 Å². The molecular formula is C12H12O3. The summed E-state index contributed by atoms with van der Waals surface area (Å²) in [5, 5.41) is 0. The lowest BCUT2D eigenvalue weighted by Crippen LogP contribution is -2.68. The second-order valence-corrected chi connectivity index (χ2v) is 4.49. The zero-order chi connectivity index (χ0) is 9.88. The summed E-state index contributed by atoms with van der Waals surface area (Å²) in [5.41, 5.74) is 1.26. The van der Waals surface area contributed by atoms with Gasteiger partial charge < -0.3 is 14.2 Å². The Morgan fingerprint density at radius 3 is 2.53 bits per heavy atom. The van der Waals surface area contributed by atoms with Crippen LogP contribution in [0.3, 0.4) is 0 Å². The molecule has 5 rings (SSSR count). The molecule has 0 aromatic heterocycles. The second-order valence-electron chi connectivity index (χ2n) is 4.49. The lowest BCUT2D eigenvalue weighted by Gasteiger charge is -2.59. The van der Waals surface area contributed by atoms with E-state index in [0.29, 0.717) is 0 Å². The van der Waals surface area contributed by atoms with Gasteiger partial charge in [-0.2, -0.15) is 0 Å². The summed E-state index contributed by atoms with van der Waals surface area (Å²) in [7, 11) is 0. The van der Waals surface area contributed by atoms with Crippen molar-refractivity contribution in [2.45, 2.75) is 37.1 Å². The van der Waals surface area contributed by atoms with Gasteiger partial charge in [0.25, 0.3) is 0 Å². The number of ether oxygens (including phenoxy) is 3. The first-order chi connectivity index (χ1) is 7.35. The first kappa shape index (κ1) is 8.28. The largest absolute Gasteiger partial charge is 0.364 e. The van der Waals surface area contributed by atoms with Crippen LogP contribution in [0.25, 0.3) is 0 Å². The first-order valence-electron chi connectivity index (χ1n) is 5.41. The first-order valence-corrected chi connectivity index (χ1v) is 5.41. The van der Waals surface area contributed by atoms with Crippen LogP contribution in [0.4, 0.5) is 0 Å². The van der Waals surface area contributed by atoms with Gasteiger partial charge in [-0.25, -0.2) is 0 Å². The third-order valence-corrected chi connectivity index (χ3v) is 3.39. The summed E-state index contributed by atoms with van der Waals surface area (Å²) in [5.74, 6) is -0.265. The van der Waals surface area contributed by atoms with E-state index in [4.69, 9.17) is 14.2 Å². The van der Waals surface area contributed by atoms with E-state index in [9.17, 15) is 0 Å². The number of hydrogen-bond donors (Lipinski definition) is 0. The number of hydrogen-bond acceptors (Lipinski definition) is 3. The molecule has 4 saturated heterocycles. The summed E-state index contributed by atoms with van der Waals surface area (Å²) in [4.78, 5) is 0. The molecule has 2 bridgehead atoms. The highest BCUT2D eigenvalue weighted by molar-refractivity contribution is 5.22. The van der Waals surface area contributed by atoms with Crippen molar-refractivity contribution in [1.29, 1.82) is 0 Å². The number of rotatable bonds is 3. The van der Waals surface area contributed by atoms with E-state index in [0.717, 1.165) is 12.8 Å². The van der Waals surface area contributed by atoms with Crippen LogP contribution < -0.4 is 0 Å². The Hall–Kier alpha value is -0.900. The van der Waals surface area contributed by atoms with Gasteiger partial charge >= 0.3 is 0 Å². The summed E-state index contributed by atoms with van der Waals surface area (Å²) in [6, 6.07) is 10.3. The van der Waals surface area contributed by atoms with E-state index in [1.165, 1.54) is 5.56 Å². The van der Waals surface area contributed by atoms with Gasteiger partial charge in [-0.1, -0.05) is 30.3 Å². The highest BCUT2D eigenvalue weighted by Gasteiger charge is 2.64. The number of benzene rings is 1. The van der Waals surface area contributed by atoms with Gasteiger partial charge in [0, 0.05) is 6.42 Å². The Labute approximate surface area is 87.9 Å². The van der Waals surface area contributed by atoms with Crippen LogP contribution >= 0.6 is 0 Å². The van der Waals surface area contributed by atoms with Crippen molar-refractivity contribution in [1.82, 2.24) is 0 Å². The lowest BCUT2D eigenvalue weighted by molar-refractivity contribution is -0.555. The average molecular weight is 204 g/mol. The highest BCUT2D eigenvalue weighted by Crippen LogP contribution is 2.55. The van der Waals surface area contributed by atoms with E-state index < -0.39 is 0 Å². The monoisotopic (exact) mass is 204 g/mol. The Kier molecular flexibility index (Phi) is 1.44. The zero-order valence-electron chi connectivity index (χ0n) is 8.26. The molecule has 2 atom stereocenters. The molecule has 0 amide bonds. The van der Waals surface area contributed by atoms with Gasteiger partial charge in [0.1, 0.15) is 6.10 Å². The van der Waals surface area contributed by atoms with Crippen LogP contribution in [0.1, 0.15) is 24.5 Å².